The highest BCUT2D eigenvalue weighted by Crippen LogP contribution is 2.33. The molecule has 1 saturated carbocycles. The van der Waals surface area contributed by atoms with E-state index in [4.69, 9.17) is 0 Å². The number of rotatable bonds is 5. The molecule has 1 amide bonds. The lowest BCUT2D eigenvalue weighted by Gasteiger charge is -2.11. The van der Waals surface area contributed by atoms with Crippen LogP contribution in [0.25, 0.3) is 0 Å². The van der Waals surface area contributed by atoms with Gasteiger partial charge >= 0.3 is 0 Å². The second kappa shape index (κ2) is 4.78. The fourth-order valence-corrected chi connectivity index (χ4v) is 2.21. The Balaban J connectivity index is 1.85. The smallest absolute Gasteiger partial charge is 0.282 e. The third-order valence-electron chi connectivity index (χ3n) is 2.59. The maximum absolute atomic E-state index is 11.8. The average molecular weight is 240 g/mol. The van der Waals surface area contributed by atoms with E-state index in [0.29, 0.717) is 10.1 Å². The van der Waals surface area contributed by atoms with Crippen LogP contribution < -0.4 is 10.6 Å². The van der Waals surface area contributed by atoms with Crippen molar-refractivity contribution in [2.45, 2.75) is 32.2 Å². The summed E-state index contributed by atoms with van der Waals surface area (Å²) >= 11 is 1.27. The van der Waals surface area contributed by atoms with E-state index < -0.39 is 0 Å². The van der Waals surface area contributed by atoms with Crippen LogP contribution in [-0.2, 0) is 0 Å². The van der Waals surface area contributed by atoms with Gasteiger partial charge in [0.15, 0.2) is 0 Å². The van der Waals surface area contributed by atoms with E-state index in [-0.39, 0.29) is 11.9 Å². The first-order chi connectivity index (χ1) is 7.69. The molecule has 6 heteroatoms. The summed E-state index contributed by atoms with van der Waals surface area (Å²) in [6.07, 6.45) is 3.69. The maximum Gasteiger partial charge on any atom is 0.282 e. The van der Waals surface area contributed by atoms with Crippen LogP contribution in [0.3, 0.4) is 0 Å². The minimum atomic E-state index is -0.118. The largest absolute Gasteiger partial charge is 0.363 e. The molecule has 1 aromatic rings. The Kier molecular flexibility index (Phi) is 3.38. The van der Waals surface area contributed by atoms with E-state index in [0.717, 1.165) is 12.3 Å². The highest BCUT2D eigenvalue weighted by molar-refractivity contribution is 7.17. The Morgan fingerprint density at radius 1 is 1.56 bits per heavy atom. The van der Waals surface area contributed by atoms with Gasteiger partial charge in [0.25, 0.3) is 5.91 Å². The highest BCUT2D eigenvalue weighted by Gasteiger charge is 2.24. The molecule has 1 aliphatic carbocycles. The average Bonchev–Trinajstić information content (AvgIpc) is 2.93. The second-order valence-corrected chi connectivity index (χ2v) is 5.19. The first-order valence-electron chi connectivity index (χ1n) is 5.51. The van der Waals surface area contributed by atoms with Gasteiger partial charge in [0.2, 0.25) is 10.1 Å². The van der Waals surface area contributed by atoms with Crippen LogP contribution in [0.1, 0.15) is 36.0 Å². The number of carbonyl (C=O) groups is 1. The van der Waals surface area contributed by atoms with Crippen molar-refractivity contribution in [3.05, 3.63) is 5.01 Å². The van der Waals surface area contributed by atoms with E-state index in [1.165, 1.54) is 24.2 Å². The van der Waals surface area contributed by atoms with E-state index in [1.807, 2.05) is 6.92 Å². The number of hydrogen-bond donors (Lipinski definition) is 2. The van der Waals surface area contributed by atoms with Crippen molar-refractivity contribution in [2.75, 3.05) is 12.4 Å². The summed E-state index contributed by atoms with van der Waals surface area (Å²) in [5.74, 6) is 0.699. The zero-order valence-corrected chi connectivity index (χ0v) is 10.3. The Morgan fingerprint density at radius 3 is 2.88 bits per heavy atom. The van der Waals surface area contributed by atoms with Gasteiger partial charge in [-0.15, -0.1) is 10.2 Å². The summed E-state index contributed by atoms with van der Waals surface area (Å²) in [6.45, 7) is 2.04. The Morgan fingerprint density at radius 2 is 2.31 bits per heavy atom. The lowest BCUT2D eigenvalue weighted by molar-refractivity contribution is 0.0936. The van der Waals surface area contributed by atoms with Crippen molar-refractivity contribution < 1.29 is 4.79 Å². The molecule has 0 aliphatic heterocycles. The molecule has 1 aliphatic rings. The number of hydrogen-bond acceptors (Lipinski definition) is 5. The van der Waals surface area contributed by atoms with Gasteiger partial charge in [-0.2, -0.15) is 0 Å². The third kappa shape index (κ3) is 2.91. The lowest BCUT2D eigenvalue weighted by Crippen LogP contribution is -2.32. The van der Waals surface area contributed by atoms with Gasteiger partial charge in [-0.1, -0.05) is 24.2 Å². The van der Waals surface area contributed by atoms with E-state index in [9.17, 15) is 4.79 Å². The van der Waals surface area contributed by atoms with Crippen LogP contribution in [0.4, 0.5) is 5.13 Å². The van der Waals surface area contributed by atoms with E-state index in [1.54, 1.807) is 7.05 Å². The first-order valence-corrected chi connectivity index (χ1v) is 6.33. The molecule has 1 fully saturated rings. The molecule has 0 bridgehead atoms. The fourth-order valence-electron chi connectivity index (χ4n) is 1.61. The number of aromatic nitrogens is 2. The predicted octanol–water partition coefficient (Wildman–Crippen LogP) is 1.50. The molecule has 88 valence electrons. The molecular weight excluding hydrogens is 224 g/mol. The third-order valence-corrected chi connectivity index (χ3v) is 3.53. The van der Waals surface area contributed by atoms with E-state index in [2.05, 4.69) is 20.8 Å². The van der Waals surface area contributed by atoms with Gasteiger partial charge in [-0.05, 0) is 19.3 Å². The van der Waals surface area contributed by atoms with Crippen molar-refractivity contribution in [2.24, 2.45) is 5.92 Å². The number of nitrogens with zero attached hydrogens (tertiary/aromatic N) is 2. The molecular formula is C10H16N4OS. The van der Waals surface area contributed by atoms with Gasteiger partial charge in [-0.25, -0.2) is 0 Å². The lowest BCUT2D eigenvalue weighted by atomic mass is 10.1. The highest BCUT2D eigenvalue weighted by atomic mass is 32.1. The van der Waals surface area contributed by atoms with Gasteiger partial charge in [0.05, 0.1) is 0 Å². The fraction of sp³-hybridized carbons (Fsp3) is 0.700. The molecule has 1 unspecified atom stereocenters. The number of amides is 1. The Bertz CT molecular complexity index is 375. The maximum atomic E-state index is 11.8. The molecule has 1 aromatic heterocycles. The topological polar surface area (TPSA) is 66.9 Å². The van der Waals surface area contributed by atoms with Gasteiger partial charge < -0.3 is 10.6 Å². The SMILES string of the molecule is CNc1nnc(C(=O)NC(C)CC2CC2)s1. The molecule has 0 radical (unpaired) electrons. The van der Waals surface area contributed by atoms with Crippen LogP contribution in [0, 0.1) is 5.92 Å². The van der Waals surface area contributed by atoms with E-state index >= 15 is 0 Å². The monoisotopic (exact) mass is 240 g/mol. The zero-order valence-electron chi connectivity index (χ0n) is 9.49. The predicted molar refractivity (Wildman–Crippen MR) is 63.7 cm³/mol. The van der Waals surface area contributed by atoms with Crippen LogP contribution >= 0.6 is 11.3 Å². The second-order valence-electron chi connectivity index (χ2n) is 4.22. The van der Waals surface area contributed by atoms with Crippen molar-refractivity contribution in [3.8, 4) is 0 Å². The molecule has 16 heavy (non-hydrogen) atoms. The van der Waals surface area contributed by atoms with Crippen LogP contribution in [0.5, 0.6) is 0 Å². The summed E-state index contributed by atoms with van der Waals surface area (Å²) in [6, 6.07) is 0.224. The molecule has 0 saturated heterocycles. The van der Waals surface area contributed by atoms with Crippen molar-refractivity contribution in [3.63, 3.8) is 0 Å². The van der Waals surface area contributed by atoms with Crippen molar-refractivity contribution in [1.82, 2.24) is 15.5 Å². The molecule has 0 spiro atoms. The number of anilines is 1. The molecule has 2 rings (SSSR count). The van der Waals surface area contributed by atoms with Crippen LogP contribution in [0.2, 0.25) is 0 Å². The van der Waals surface area contributed by atoms with Gasteiger partial charge in [0.1, 0.15) is 0 Å². The minimum absolute atomic E-state index is 0.118. The first kappa shape index (κ1) is 11.3. The Hall–Kier alpha value is -1.17. The molecule has 1 atom stereocenters. The van der Waals surface area contributed by atoms with Gasteiger partial charge in [-0.3, -0.25) is 4.79 Å². The quantitative estimate of drug-likeness (QED) is 0.818. The Labute approximate surface area is 98.7 Å². The number of carbonyl (C=O) groups excluding carboxylic acids is 1. The number of nitrogens with one attached hydrogen (secondary N) is 2. The van der Waals surface area contributed by atoms with Crippen molar-refractivity contribution in [1.29, 1.82) is 0 Å². The summed E-state index contributed by atoms with van der Waals surface area (Å²) in [4.78, 5) is 11.8. The van der Waals surface area contributed by atoms with Gasteiger partial charge in [0, 0.05) is 13.1 Å². The van der Waals surface area contributed by atoms with Crippen LogP contribution in [0.15, 0.2) is 0 Å². The summed E-state index contributed by atoms with van der Waals surface area (Å²) in [7, 11) is 1.76. The zero-order chi connectivity index (χ0) is 11.5. The summed E-state index contributed by atoms with van der Waals surface area (Å²) < 4.78 is 0. The molecule has 0 aromatic carbocycles. The molecule has 5 nitrogen and oxygen atoms in total. The summed E-state index contributed by atoms with van der Waals surface area (Å²) in [5.41, 5.74) is 0. The minimum Gasteiger partial charge on any atom is -0.363 e. The standard InChI is InChI=1S/C10H16N4OS/c1-6(5-7-3-4-7)12-8(15)9-13-14-10(11-2)16-9/h6-7H,3-5H2,1-2H3,(H,11,14)(H,12,15). The summed E-state index contributed by atoms with van der Waals surface area (Å²) in [5, 5.41) is 14.6. The molecule has 2 N–H and O–H groups in total. The van der Waals surface area contributed by atoms with Crippen molar-refractivity contribution >= 4 is 22.4 Å². The molecule has 1 heterocycles. The normalized spacial score (nSPS) is 16.9. The van der Waals surface area contributed by atoms with Crippen LogP contribution in [-0.4, -0.2) is 29.2 Å².